The molecule has 21 heavy (non-hydrogen) atoms. The molecule has 0 unspecified atom stereocenters. The van der Waals surface area contributed by atoms with E-state index < -0.39 is 5.97 Å². The van der Waals surface area contributed by atoms with E-state index in [0.717, 1.165) is 11.1 Å². The Hall–Kier alpha value is -2.88. The molecule has 4 nitrogen and oxygen atoms in total. The van der Waals surface area contributed by atoms with Gasteiger partial charge in [0.1, 0.15) is 12.0 Å². The van der Waals surface area contributed by atoms with Gasteiger partial charge in [0.05, 0.1) is 0 Å². The molecule has 3 rings (SSSR count). The molecule has 104 valence electrons. The molecule has 0 aliphatic heterocycles. The number of benzene rings is 2. The zero-order valence-corrected chi connectivity index (χ0v) is 11.4. The van der Waals surface area contributed by atoms with Crippen LogP contribution in [-0.4, -0.2) is 11.0 Å². The molecule has 0 atom stereocenters. The molecule has 0 saturated carbocycles. The van der Waals surface area contributed by atoms with Crippen LogP contribution in [-0.2, 0) is 0 Å². The number of rotatable bonds is 3. The normalized spacial score (nSPS) is 10.3. The Morgan fingerprint density at radius 3 is 2.52 bits per heavy atom. The summed E-state index contributed by atoms with van der Waals surface area (Å²) < 4.78 is 10.6. The minimum absolute atomic E-state index is 0.150. The van der Waals surface area contributed by atoms with Crippen LogP contribution in [0.15, 0.2) is 65.3 Å². The molecular formula is C17H13NO3. The Balaban J connectivity index is 1.80. The predicted molar refractivity (Wildman–Crippen MR) is 78.1 cm³/mol. The number of esters is 1. The van der Waals surface area contributed by atoms with Crippen LogP contribution in [0.5, 0.6) is 5.75 Å². The molecule has 0 N–H and O–H groups in total. The van der Waals surface area contributed by atoms with Crippen molar-refractivity contribution in [2.75, 3.05) is 0 Å². The van der Waals surface area contributed by atoms with Crippen LogP contribution in [0.25, 0.3) is 11.5 Å². The second-order valence-electron chi connectivity index (χ2n) is 4.56. The maximum Gasteiger partial charge on any atom is 0.365 e. The highest BCUT2D eigenvalue weighted by atomic mass is 16.5. The van der Waals surface area contributed by atoms with Gasteiger partial charge in [0, 0.05) is 5.56 Å². The highest BCUT2D eigenvalue weighted by Crippen LogP contribution is 2.20. The summed E-state index contributed by atoms with van der Waals surface area (Å²) in [6.07, 6.45) is 1.31. The number of aryl methyl sites for hydroxylation is 1. The van der Waals surface area contributed by atoms with Crippen LogP contribution < -0.4 is 4.74 Å². The van der Waals surface area contributed by atoms with Crippen molar-refractivity contribution >= 4 is 5.97 Å². The van der Waals surface area contributed by atoms with Gasteiger partial charge in [-0.05, 0) is 30.7 Å². The molecule has 0 aliphatic carbocycles. The fraction of sp³-hybridized carbons (Fsp3) is 0.0588. The third-order valence-electron chi connectivity index (χ3n) is 3.03. The maximum absolute atomic E-state index is 12.1. The van der Waals surface area contributed by atoms with Gasteiger partial charge in [-0.3, -0.25) is 0 Å². The van der Waals surface area contributed by atoms with E-state index in [9.17, 15) is 4.79 Å². The zero-order chi connectivity index (χ0) is 14.7. The minimum Gasteiger partial charge on any atom is -0.444 e. The quantitative estimate of drug-likeness (QED) is 0.539. The Morgan fingerprint density at radius 2 is 1.76 bits per heavy atom. The molecule has 0 bridgehead atoms. The first kappa shape index (κ1) is 13.1. The van der Waals surface area contributed by atoms with Crippen molar-refractivity contribution in [2.45, 2.75) is 6.92 Å². The van der Waals surface area contributed by atoms with E-state index in [1.54, 1.807) is 6.07 Å². The van der Waals surface area contributed by atoms with Crippen molar-refractivity contribution < 1.29 is 13.9 Å². The fourth-order valence-electron chi connectivity index (χ4n) is 1.90. The van der Waals surface area contributed by atoms with Gasteiger partial charge in [0.25, 0.3) is 0 Å². The van der Waals surface area contributed by atoms with Crippen LogP contribution in [0.1, 0.15) is 16.1 Å². The lowest BCUT2D eigenvalue weighted by Crippen LogP contribution is -2.09. The molecule has 1 aromatic heterocycles. The number of ether oxygens (including phenoxy) is 1. The lowest BCUT2D eigenvalue weighted by molar-refractivity contribution is 0.0727. The van der Waals surface area contributed by atoms with Gasteiger partial charge in [-0.25, -0.2) is 9.78 Å². The largest absolute Gasteiger partial charge is 0.444 e. The maximum atomic E-state index is 12.1. The summed E-state index contributed by atoms with van der Waals surface area (Å²) in [6, 6.07) is 16.7. The molecule has 2 aromatic carbocycles. The molecule has 0 radical (unpaired) electrons. The van der Waals surface area contributed by atoms with Gasteiger partial charge >= 0.3 is 5.97 Å². The van der Waals surface area contributed by atoms with Crippen LogP contribution >= 0.6 is 0 Å². The third kappa shape index (κ3) is 2.84. The van der Waals surface area contributed by atoms with E-state index in [4.69, 9.17) is 9.15 Å². The van der Waals surface area contributed by atoms with Gasteiger partial charge in [-0.1, -0.05) is 36.4 Å². The first-order valence-electron chi connectivity index (χ1n) is 6.53. The summed E-state index contributed by atoms with van der Waals surface area (Å²) in [7, 11) is 0. The van der Waals surface area contributed by atoms with Crippen LogP contribution in [0, 0.1) is 6.92 Å². The van der Waals surface area contributed by atoms with Crippen molar-refractivity contribution in [3.8, 4) is 17.2 Å². The zero-order valence-electron chi connectivity index (χ0n) is 11.4. The second-order valence-corrected chi connectivity index (χ2v) is 4.56. The highest BCUT2D eigenvalue weighted by Gasteiger charge is 2.16. The average molecular weight is 279 g/mol. The van der Waals surface area contributed by atoms with Gasteiger partial charge in [0.15, 0.2) is 5.69 Å². The lowest BCUT2D eigenvalue weighted by Gasteiger charge is -2.04. The van der Waals surface area contributed by atoms with E-state index >= 15 is 0 Å². The Bertz CT molecular complexity index is 762. The van der Waals surface area contributed by atoms with Crippen molar-refractivity contribution in [3.63, 3.8) is 0 Å². The fourth-order valence-corrected chi connectivity index (χ4v) is 1.90. The molecule has 0 fully saturated rings. The number of hydrogen-bond donors (Lipinski definition) is 0. The predicted octanol–water partition coefficient (Wildman–Crippen LogP) is 3.87. The lowest BCUT2D eigenvalue weighted by atomic mass is 10.2. The number of para-hydroxylation sites is 1. The number of aromatic nitrogens is 1. The average Bonchev–Trinajstić information content (AvgIpc) is 3.00. The molecule has 4 heteroatoms. The monoisotopic (exact) mass is 279 g/mol. The number of carbonyl (C=O) groups excluding carboxylic acids is 1. The Labute approximate surface area is 122 Å². The van der Waals surface area contributed by atoms with E-state index in [0.29, 0.717) is 11.6 Å². The Morgan fingerprint density at radius 1 is 1.05 bits per heavy atom. The summed E-state index contributed by atoms with van der Waals surface area (Å²) in [4.78, 5) is 16.2. The van der Waals surface area contributed by atoms with E-state index in [-0.39, 0.29) is 5.69 Å². The smallest absolute Gasteiger partial charge is 0.365 e. The highest BCUT2D eigenvalue weighted by molar-refractivity contribution is 5.89. The van der Waals surface area contributed by atoms with E-state index in [1.807, 2.05) is 55.5 Å². The van der Waals surface area contributed by atoms with Crippen LogP contribution in [0.4, 0.5) is 0 Å². The molecule has 1 heterocycles. The van der Waals surface area contributed by atoms with E-state index in [2.05, 4.69) is 4.98 Å². The molecule has 0 amide bonds. The van der Waals surface area contributed by atoms with E-state index in [1.165, 1.54) is 6.26 Å². The summed E-state index contributed by atoms with van der Waals surface area (Å²) >= 11 is 0. The molecule has 0 saturated heterocycles. The number of hydrogen-bond acceptors (Lipinski definition) is 4. The Kier molecular flexibility index (Phi) is 3.51. The van der Waals surface area contributed by atoms with Crippen LogP contribution in [0.2, 0.25) is 0 Å². The summed E-state index contributed by atoms with van der Waals surface area (Å²) in [5.41, 5.74) is 1.85. The summed E-state index contributed by atoms with van der Waals surface area (Å²) in [5.74, 6) is 0.384. The second kappa shape index (κ2) is 5.63. The van der Waals surface area contributed by atoms with Gasteiger partial charge in [-0.2, -0.15) is 0 Å². The van der Waals surface area contributed by atoms with Crippen molar-refractivity contribution in [2.24, 2.45) is 0 Å². The topological polar surface area (TPSA) is 52.3 Å². The van der Waals surface area contributed by atoms with Gasteiger partial charge < -0.3 is 9.15 Å². The first-order valence-corrected chi connectivity index (χ1v) is 6.53. The number of nitrogens with zero attached hydrogens (tertiary/aromatic N) is 1. The van der Waals surface area contributed by atoms with Gasteiger partial charge in [-0.15, -0.1) is 0 Å². The van der Waals surface area contributed by atoms with Crippen LogP contribution in [0.3, 0.4) is 0 Å². The van der Waals surface area contributed by atoms with Crippen molar-refractivity contribution in [3.05, 3.63) is 72.1 Å². The molecule has 0 aliphatic rings. The molecular weight excluding hydrogens is 266 g/mol. The standard InChI is InChI=1S/C17H13NO3/c1-12-7-5-6-10-15(12)21-17(19)14-11-20-16(18-14)13-8-3-2-4-9-13/h2-11H,1H3. The van der Waals surface area contributed by atoms with Gasteiger partial charge in [0.2, 0.25) is 5.89 Å². The molecule has 0 spiro atoms. The SMILES string of the molecule is Cc1ccccc1OC(=O)c1coc(-c2ccccc2)n1. The minimum atomic E-state index is -0.532. The first-order chi connectivity index (χ1) is 10.2. The van der Waals surface area contributed by atoms with Crippen molar-refractivity contribution in [1.82, 2.24) is 4.98 Å². The van der Waals surface area contributed by atoms with Crippen molar-refractivity contribution in [1.29, 1.82) is 0 Å². The number of carbonyl (C=O) groups is 1. The number of oxazole rings is 1. The summed E-state index contributed by atoms with van der Waals surface area (Å²) in [6.45, 7) is 1.88. The molecule has 3 aromatic rings. The third-order valence-corrected chi connectivity index (χ3v) is 3.03. The summed E-state index contributed by atoms with van der Waals surface area (Å²) in [5, 5.41) is 0.